The molecule has 4 rings (SSSR count). The summed E-state index contributed by atoms with van der Waals surface area (Å²) in [5, 5.41) is 15.1. The van der Waals surface area contributed by atoms with E-state index in [0.717, 1.165) is 39.0 Å². The smallest absolute Gasteiger partial charge is 0.304 e. The maximum Gasteiger partial charge on any atom is 0.304 e. The number of carboxylic acid groups (broad SMARTS) is 1. The molecule has 4 aromatic rings. The van der Waals surface area contributed by atoms with Crippen LogP contribution in [-0.4, -0.2) is 20.9 Å². The molecule has 1 N–H and O–H groups in total. The Hall–Kier alpha value is -3.86. The number of aromatic nitrogens is 2. The first-order valence-electron chi connectivity index (χ1n) is 11.1. The van der Waals surface area contributed by atoms with Crippen LogP contribution >= 0.6 is 0 Å². The zero-order valence-electron chi connectivity index (χ0n) is 18.9. The molecule has 3 aromatic carbocycles. The highest BCUT2D eigenvalue weighted by molar-refractivity contribution is 5.93. The molecular formula is C28H28N2O3. The average molecular weight is 441 g/mol. The van der Waals surface area contributed by atoms with Crippen molar-refractivity contribution in [3.05, 3.63) is 96.6 Å². The van der Waals surface area contributed by atoms with Crippen LogP contribution in [-0.2, 0) is 11.4 Å². The highest BCUT2D eigenvalue weighted by Gasteiger charge is 2.15. The lowest BCUT2D eigenvalue weighted by molar-refractivity contribution is -0.137. The van der Waals surface area contributed by atoms with E-state index < -0.39 is 5.97 Å². The van der Waals surface area contributed by atoms with Crippen LogP contribution in [0.15, 0.2) is 85.5 Å². The lowest BCUT2D eigenvalue weighted by Crippen LogP contribution is -2.04. The summed E-state index contributed by atoms with van der Waals surface area (Å²) in [5.41, 5.74) is 5.15. The zero-order chi connectivity index (χ0) is 23.4. The number of ether oxygens (including phenoxy) is 1. The minimum atomic E-state index is -0.841. The molecule has 1 unspecified atom stereocenters. The van der Waals surface area contributed by atoms with Crippen molar-refractivity contribution in [1.29, 1.82) is 0 Å². The summed E-state index contributed by atoms with van der Waals surface area (Å²) in [5.74, 6) is -0.319. The Morgan fingerprint density at radius 1 is 1.09 bits per heavy atom. The Labute approximate surface area is 193 Å². The van der Waals surface area contributed by atoms with Gasteiger partial charge in [0.1, 0.15) is 18.1 Å². The van der Waals surface area contributed by atoms with Crippen molar-refractivity contribution in [1.82, 2.24) is 9.78 Å². The maximum atomic E-state index is 11.0. The predicted octanol–water partition coefficient (Wildman–Crippen LogP) is 6.61. The Morgan fingerprint density at radius 3 is 2.45 bits per heavy atom. The third-order valence-electron chi connectivity index (χ3n) is 5.70. The monoisotopic (exact) mass is 440 g/mol. The van der Waals surface area contributed by atoms with E-state index in [1.54, 1.807) is 6.08 Å². The molecule has 5 nitrogen and oxygen atoms in total. The van der Waals surface area contributed by atoms with Crippen molar-refractivity contribution < 1.29 is 14.6 Å². The molecule has 0 spiro atoms. The third-order valence-corrected chi connectivity index (χ3v) is 5.70. The molecule has 0 aliphatic heterocycles. The quantitative estimate of drug-likeness (QED) is 0.298. The van der Waals surface area contributed by atoms with E-state index in [-0.39, 0.29) is 18.4 Å². The van der Waals surface area contributed by atoms with Crippen LogP contribution in [0.1, 0.15) is 43.4 Å². The Balaban J connectivity index is 1.54. The Bertz CT molecular complexity index is 1260. The maximum absolute atomic E-state index is 11.0. The van der Waals surface area contributed by atoms with E-state index in [9.17, 15) is 4.79 Å². The fourth-order valence-corrected chi connectivity index (χ4v) is 3.98. The number of allylic oxidation sites excluding steroid dienone is 1. The van der Waals surface area contributed by atoms with E-state index in [2.05, 4.69) is 55.4 Å². The molecule has 168 valence electrons. The van der Waals surface area contributed by atoms with Gasteiger partial charge in [0.05, 0.1) is 11.9 Å². The van der Waals surface area contributed by atoms with Crippen LogP contribution in [0.25, 0.3) is 22.2 Å². The molecule has 5 heteroatoms. The van der Waals surface area contributed by atoms with Crippen molar-refractivity contribution in [2.24, 2.45) is 0 Å². The van der Waals surface area contributed by atoms with Gasteiger partial charge in [-0.2, -0.15) is 5.10 Å². The first-order valence-corrected chi connectivity index (χ1v) is 11.1. The van der Waals surface area contributed by atoms with Crippen LogP contribution in [0.3, 0.4) is 0 Å². The molecule has 0 aliphatic rings. The lowest BCUT2D eigenvalue weighted by atomic mass is 9.96. The summed E-state index contributed by atoms with van der Waals surface area (Å²) < 4.78 is 8.07. The normalized spacial score (nSPS) is 12.1. The van der Waals surface area contributed by atoms with Gasteiger partial charge in [-0.05, 0) is 43.2 Å². The van der Waals surface area contributed by atoms with Crippen molar-refractivity contribution in [3.63, 3.8) is 0 Å². The van der Waals surface area contributed by atoms with Crippen molar-refractivity contribution in [3.8, 4) is 17.0 Å². The van der Waals surface area contributed by atoms with Gasteiger partial charge in [0, 0.05) is 22.9 Å². The van der Waals surface area contributed by atoms with Gasteiger partial charge in [-0.1, -0.05) is 60.7 Å². The topological polar surface area (TPSA) is 64.3 Å². The van der Waals surface area contributed by atoms with E-state index >= 15 is 0 Å². The number of aliphatic carboxylic acids is 1. The second-order valence-electron chi connectivity index (χ2n) is 8.40. The second-order valence-corrected chi connectivity index (χ2v) is 8.40. The molecule has 0 bridgehead atoms. The number of carboxylic acids is 1. The standard InChI is InChI=1S/C28H28N2O3/c1-4-21(17-27(31)32)22-11-13-24(14-12-22)33-18-20-10-15-25-26(16-20)30(19(2)3)29-28(25)23-8-6-5-7-9-23/h4-16,19,21H,1,17-18H2,2-3H3,(H,31,32). The SMILES string of the molecule is C=CC(CC(=O)O)c1ccc(OCc2ccc3c(-c4ccccc4)nn(C(C)C)c3c2)cc1. The summed E-state index contributed by atoms with van der Waals surface area (Å²) in [4.78, 5) is 11.0. The summed E-state index contributed by atoms with van der Waals surface area (Å²) >= 11 is 0. The first-order chi connectivity index (χ1) is 16.0. The number of benzene rings is 3. The molecule has 0 aliphatic carbocycles. The number of hydrogen-bond donors (Lipinski definition) is 1. The Morgan fingerprint density at radius 2 is 1.82 bits per heavy atom. The van der Waals surface area contributed by atoms with Crippen LogP contribution in [0.5, 0.6) is 5.75 Å². The molecular weight excluding hydrogens is 412 g/mol. The van der Waals surface area contributed by atoms with Gasteiger partial charge >= 0.3 is 5.97 Å². The first kappa shape index (κ1) is 22.3. The minimum absolute atomic E-state index is 0.0260. The molecule has 33 heavy (non-hydrogen) atoms. The number of fused-ring (bicyclic) bond motifs is 1. The van der Waals surface area contributed by atoms with Gasteiger partial charge < -0.3 is 9.84 Å². The van der Waals surface area contributed by atoms with Crippen molar-refractivity contribution in [2.75, 3.05) is 0 Å². The summed E-state index contributed by atoms with van der Waals surface area (Å²) in [7, 11) is 0. The molecule has 0 radical (unpaired) electrons. The van der Waals surface area contributed by atoms with Crippen molar-refractivity contribution in [2.45, 2.75) is 38.8 Å². The number of rotatable bonds is 9. The Kier molecular flexibility index (Phi) is 6.59. The third kappa shape index (κ3) is 4.98. The minimum Gasteiger partial charge on any atom is -0.489 e. The largest absolute Gasteiger partial charge is 0.489 e. The fraction of sp³-hybridized carbons (Fsp3) is 0.214. The molecule has 1 aromatic heterocycles. The van der Waals surface area contributed by atoms with Gasteiger partial charge in [0.2, 0.25) is 0 Å². The molecule has 1 atom stereocenters. The fourth-order valence-electron chi connectivity index (χ4n) is 3.98. The van der Waals surface area contributed by atoms with Gasteiger partial charge in [-0.25, -0.2) is 0 Å². The van der Waals surface area contributed by atoms with Crippen LogP contribution < -0.4 is 4.74 Å². The van der Waals surface area contributed by atoms with E-state index in [1.165, 1.54) is 0 Å². The average Bonchev–Trinajstić information content (AvgIpc) is 3.21. The van der Waals surface area contributed by atoms with Gasteiger partial charge in [0.15, 0.2) is 0 Å². The number of hydrogen-bond acceptors (Lipinski definition) is 3. The van der Waals surface area contributed by atoms with Crippen LogP contribution in [0.2, 0.25) is 0 Å². The van der Waals surface area contributed by atoms with Gasteiger partial charge in [-0.15, -0.1) is 6.58 Å². The molecule has 1 heterocycles. The van der Waals surface area contributed by atoms with E-state index in [0.29, 0.717) is 6.61 Å². The summed E-state index contributed by atoms with van der Waals surface area (Å²) in [6.07, 6.45) is 1.69. The summed E-state index contributed by atoms with van der Waals surface area (Å²) in [6.45, 7) is 8.45. The molecule has 0 fully saturated rings. The highest BCUT2D eigenvalue weighted by Crippen LogP contribution is 2.31. The van der Waals surface area contributed by atoms with E-state index in [4.69, 9.17) is 14.9 Å². The van der Waals surface area contributed by atoms with Gasteiger partial charge in [0.25, 0.3) is 0 Å². The second kappa shape index (κ2) is 9.74. The van der Waals surface area contributed by atoms with Crippen LogP contribution in [0.4, 0.5) is 0 Å². The van der Waals surface area contributed by atoms with Crippen molar-refractivity contribution >= 4 is 16.9 Å². The molecule has 0 saturated heterocycles. The zero-order valence-corrected chi connectivity index (χ0v) is 18.9. The molecule has 0 saturated carbocycles. The lowest BCUT2D eigenvalue weighted by Gasteiger charge is -2.12. The summed E-state index contributed by atoms with van der Waals surface area (Å²) in [6, 6.07) is 24.3. The van der Waals surface area contributed by atoms with E-state index in [1.807, 2.05) is 42.5 Å². The number of carbonyl (C=O) groups is 1. The molecule has 0 amide bonds. The van der Waals surface area contributed by atoms with Gasteiger partial charge in [-0.3, -0.25) is 9.48 Å². The predicted molar refractivity (Wildman–Crippen MR) is 132 cm³/mol. The van der Waals surface area contributed by atoms with Crippen LogP contribution in [0, 0.1) is 0 Å². The number of nitrogens with zero attached hydrogens (tertiary/aromatic N) is 2. The highest BCUT2D eigenvalue weighted by atomic mass is 16.5.